The van der Waals surface area contributed by atoms with E-state index in [0.29, 0.717) is 6.54 Å². The molecule has 0 aliphatic carbocycles. The number of aryl methyl sites for hydroxylation is 2. The first kappa shape index (κ1) is 25.1. The van der Waals surface area contributed by atoms with Crippen LogP contribution in [0.3, 0.4) is 0 Å². The second-order valence-corrected chi connectivity index (χ2v) is 8.46. The molecule has 0 radical (unpaired) electrons. The van der Waals surface area contributed by atoms with Crippen molar-refractivity contribution in [3.8, 4) is 0 Å². The number of nitrogens with one attached hydrogen (secondary N) is 3. The van der Waals surface area contributed by atoms with Crippen LogP contribution in [-0.2, 0) is 29.0 Å². The highest BCUT2D eigenvalue weighted by Gasteiger charge is 2.20. The maximum absolute atomic E-state index is 12.0. The summed E-state index contributed by atoms with van der Waals surface area (Å²) in [5.41, 5.74) is 4.09. The number of alkyl carbamates (subject to hydrolysis) is 1. The van der Waals surface area contributed by atoms with Gasteiger partial charge in [0.25, 0.3) is 0 Å². The van der Waals surface area contributed by atoms with Gasteiger partial charge >= 0.3 is 12.1 Å². The quantitative estimate of drug-likeness (QED) is 0.330. The largest absolute Gasteiger partial charge is 0.480 e. The molecule has 1 aromatic heterocycles. The third-order valence-electron chi connectivity index (χ3n) is 5.72. The first-order valence-electron chi connectivity index (χ1n) is 11.9. The molecule has 2 aromatic rings. The van der Waals surface area contributed by atoms with Gasteiger partial charge in [-0.1, -0.05) is 43.0 Å². The van der Waals surface area contributed by atoms with Crippen LogP contribution in [0.4, 0.5) is 10.6 Å². The van der Waals surface area contributed by atoms with E-state index in [2.05, 4.69) is 34.7 Å². The molecule has 0 spiro atoms. The number of carboxylic acids is 1. The Balaban J connectivity index is 1.29. The topological polar surface area (TPSA) is 113 Å². The molecule has 1 amide bonds. The molecule has 1 atom stereocenters. The third kappa shape index (κ3) is 8.42. The highest BCUT2D eigenvalue weighted by Crippen LogP contribution is 2.20. The van der Waals surface area contributed by atoms with Crippen molar-refractivity contribution in [2.75, 3.05) is 18.4 Å². The molecule has 2 heterocycles. The van der Waals surface area contributed by atoms with Crippen LogP contribution in [0, 0.1) is 0 Å². The van der Waals surface area contributed by atoms with Crippen LogP contribution >= 0.6 is 0 Å². The summed E-state index contributed by atoms with van der Waals surface area (Å²) in [4.78, 5) is 28.2. The summed E-state index contributed by atoms with van der Waals surface area (Å²) in [6.07, 6.45) is 5.40. The standard InChI is InChI=1S/C26H34N4O4/c1-19(8-5-6-12-22-14-13-21-11-7-16-28-24(21)29-22)27-17-15-23(25(31)32)30-26(33)34-18-20-9-3-2-4-10-20/h2-4,9-10,13-14,23,27H,1,5-8,11-12,15-18H2,(H,28,29)(H,30,33)(H,31,32). The van der Waals surface area contributed by atoms with E-state index in [0.717, 1.165) is 67.8 Å². The number of nitrogens with zero attached hydrogens (tertiary/aromatic N) is 1. The van der Waals surface area contributed by atoms with Gasteiger partial charge in [-0.3, -0.25) is 0 Å². The SMILES string of the molecule is C=C(CCCCc1ccc2c(n1)NCCC2)NCCC(NC(=O)OCc1ccccc1)C(=O)O. The predicted molar refractivity (Wildman–Crippen MR) is 132 cm³/mol. The van der Waals surface area contributed by atoms with Crippen molar-refractivity contribution in [1.29, 1.82) is 0 Å². The lowest BCUT2D eigenvalue weighted by Crippen LogP contribution is -2.42. The highest BCUT2D eigenvalue weighted by atomic mass is 16.5. The number of unbranched alkanes of at least 4 members (excludes halogenated alkanes) is 1. The van der Waals surface area contributed by atoms with Gasteiger partial charge in [-0.25, -0.2) is 14.6 Å². The summed E-state index contributed by atoms with van der Waals surface area (Å²) in [5, 5.41) is 18.3. The number of carbonyl (C=O) groups excluding carboxylic acids is 1. The Morgan fingerprint density at radius 1 is 1.18 bits per heavy atom. The molecule has 3 rings (SSSR count). The van der Waals surface area contributed by atoms with Crippen molar-refractivity contribution in [3.05, 3.63) is 71.6 Å². The van der Waals surface area contributed by atoms with Crippen LogP contribution in [0.15, 0.2) is 54.7 Å². The molecule has 182 valence electrons. The molecular weight excluding hydrogens is 432 g/mol. The van der Waals surface area contributed by atoms with E-state index in [4.69, 9.17) is 9.72 Å². The van der Waals surface area contributed by atoms with Crippen molar-refractivity contribution in [3.63, 3.8) is 0 Å². The molecule has 0 fully saturated rings. The second kappa shape index (κ2) is 13.2. The Labute approximate surface area is 200 Å². The minimum absolute atomic E-state index is 0.0888. The number of benzene rings is 1. The first-order chi connectivity index (χ1) is 16.5. The lowest BCUT2D eigenvalue weighted by molar-refractivity contribution is -0.139. The molecule has 1 unspecified atom stereocenters. The number of aliphatic carboxylic acids is 1. The van der Waals surface area contributed by atoms with Crippen LogP contribution in [0.5, 0.6) is 0 Å². The fourth-order valence-corrected chi connectivity index (χ4v) is 3.80. The zero-order chi connectivity index (χ0) is 24.2. The Morgan fingerprint density at radius 3 is 2.79 bits per heavy atom. The summed E-state index contributed by atoms with van der Waals surface area (Å²) in [6.45, 7) is 5.50. The normalized spacial score (nSPS) is 13.2. The average molecular weight is 467 g/mol. The number of pyridine rings is 1. The number of allylic oxidation sites excluding steroid dienone is 1. The second-order valence-electron chi connectivity index (χ2n) is 8.46. The van der Waals surface area contributed by atoms with Gasteiger partial charge in [-0.15, -0.1) is 0 Å². The molecule has 8 nitrogen and oxygen atoms in total. The summed E-state index contributed by atoms with van der Waals surface area (Å²) < 4.78 is 5.11. The maximum Gasteiger partial charge on any atom is 0.408 e. The number of fused-ring (bicyclic) bond motifs is 1. The van der Waals surface area contributed by atoms with Crippen LogP contribution in [-0.4, -0.2) is 41.3 Å². The third-order valence-corrected chi connectivity index (χ3v) is 5.72. The highest BCUT2D eigenvalue weighted by molar-refractivity contribution is 5.79. The lowest BCUT2D eigenvalue weighted by atomic mass is 10.1. The number of ether oxygens (including phenoxy) is 1. The van der Waals surface area contributed by atoms with Crippen molar-refractivity contribution in [2.24, 2.45) is 0 Å². The Bertz CT molecular complexity index is 965. The van der Waals surface area contributed by atoms with E-state index >= 15 is 0 Å². The molecule has 4 N–H and O–H groups in total. The smallest absolute Gasteiger partial charge is 0.408 e. The summed E-state index contributed by atoms with van der Waals surface area (Å²) in [7, 11) is 0. The average Bonchev–Trinajstić information content (AvgIpc) is 2.85. The number of carboxylic acid groups (broad SMARTS) is 1. The van der Waals surface area contributed by atoms with Gasteiger partial charge < -0.3 is 25.8 Å². The van der Waals surface area contributed by atoms with Gasteiger partial charge in [0.1, 0.15) is 18.5 Å². The molecule has 1 aromatic carbocycles. The molecule has 0 bridgehead atoms. The van der Waals surface area contributed by atoms with Crippen LogP contribution < -0.4 is 16.0 Å². The van der Waals surface area contributed by atoms with Crippen molar-refractivity contribution in [2.45, 2.75) is 57.6 Å². The van der Waals surface area contributed by atoms with Crippen LogP contribution in [0.25, 0.3) is 0 Å². The van der Waals surface area contributed by atoms with Crippen LogP contribution in [0.2, 0.25) is 0 Å². The van der Waals surface area contributed by atoms with Gasteiger partial charge in [0.05, 0.1) is 0 Å². The number of carbonyl (C=O) groups is 2. The van der Waals surface area contributed by atoms with Gasteiger partial charge in [0, 0.05) is 24.5 Å². The number of hydrogen-bond acceptors (Lipinski definition) is 6. The molecule has 1 aliphatic heterocycles. The van der Waals surface area contributed by atoms with Gasteiger partial charge in [-0.2, -0.15) is 0 Å². The fraction of sp³-hybridized carbons (Fsp3) is 0.423. The minimum atomic E-state index is -1.10. The van der Waals surface area contributed by atoms with E-state index in [1.54, 1.807) is 0 Å². The molecular formula is C26H34N4O4. The van der Waals surface area contributed by atoms with E-state index in [-0.39, 0.29) is 13.0 Å². The number of aromatic nitrogens is 1. The van der Waals surface area contributed by atoms with Crippen molar-refractivity contribution >= 4 is 17.9 Å². The molecule has 34 heavy (non-hydrogen) atoms. The minimum Gasteiger partial charge on any atom is -0.480 e. The van der Waals surface area contributed by atoms with Gasteiger partial charge in [0.2, 0.25) is 0 Å². The number of anilines is 1. The Morgan fingerprint density at radius 2 is 2.00 bits per heavy atom. The lowest BCUT2D eigenvalue weighted by Gasteiger charge is -2.17. The monoisotopic (exact) mass is 466 g/mol. The number of amides is 1. The summed E-state index contributed by atoms with van der Waals surface area (Å²) >= 11 is 0. The van der Waals surface area contributed by atoms with E-state index in [9.17, 15) is 14.7 Å². The Hall–Kier alpha value is -3.55. The molecule has 0 saturated heterocycles. The summed E-state index contributed by atoms with van der Waals surface area (Å²) in [6, 6.07) is 12.5. The van der Waals surface area contributed by atoms with Crippen molar-refractivity contribution < 1.29 is 19.4 Å². The zero-order valence-corrected chi connectivity index (χ0v) is 19.5. The van der Waals surface area contributed by atoms with Crippen molar-refractivity contribution in [1.82, 2.24) is 15.6 Å². The van der Waals surface area contributed by atoms with Gasteiger partial charge in [0.15, 0.2) is 0 Å². The number of rotatable bonds is 13. The van der Waals surface area contributed by atoms with E-state index in [1.165, 1.54) is 5.56 Å². The number of hydrogen-bond donors (Lipinski definition) is 4. The predicted octanol–water partition coefficient (Wildman–Crippen LogP) is 4.03. The molecule has 8 heteroatoms. The summed E-state index contributed by atoms with van der Waals surface area (Å²) in [5.74, 6) is -0.0727. The van der Waals surface area contributed by atoms with Crippen LogP contribution in [0.1, 0.15) is 48.9 Å². The molecule has 0 saturated carbocycles. The van der Waals surface area contributed by atoms with Gasteiger partial charge in [-0.05, 0) is 62.1 Å². The Kier molecular flexibility index (Phi) is 9.76. The maximum atomic E-state index is 12.0. The molecule has 1 aliphatic rings. The first-order valence-corrected chi connectivity index (χ1v) is 11.9. The van der Waals surface area contributed by atoms with E-state index < -0.39 is 18.1 Å². The van der Waals surface area contributed by atoms with E-state index in [1.807, 2.05) is 30.3 Å². The zero-order valence-electron chi connectivity index (χ0n) is 19.5. The fourth-order valence-electron chi connectivity index (χ4n) is 3.80.